The number of carbonyl (C=O) groups excluding carboxylic acids is 1. The molecule has 1 saturated heterocycles. The topological polar surface area (TPSA) is 55.6 Å². The number of nitrogens with zero attached hydrogens (tertiary/aromatic N) is 1. The van der Waals surface area contributed by atoms with Gasteiger partial charge in [-0.15, -0.1) is 12.4 Å². The van der Waals surface area contributed by atoms with E-state index in [4.69, 9.17) is 22.1 Å². The number of halogens is 2. The first-order valence-electron chi connectivity index (χ1n) is 8.60. The third-order valence-corrected chi connectivity index (χ3v) is 4.79. The predicted octanol–water partition coefficient (Wildman–Crippen LogP) is 3.83. The van der Waals surface area contributed by atoms with Gasteiger partial charge in [0.2, 0.25) is 5.91 Å². The molecule has 0 bridgehead atoms. The van der Waals surface area contributed by atoms with Gasteiger partial charge in [0, 0.05) is 29.7 Å². The molecule has 1 fully saturated rings. The van der Waals surface area contributed by atoms with Crippen molar-refractivity contribution in [3.8, 4) is 5.75 Å². The van der Waals surface area contributed by atoms with Crippen LogP contribution in [0.4, 0.5) is 0 Å². The highest BCUT2D eigenvalue weighted by atomic mass is 35.5. The highest BCUT2D eigenvalue weighted by Gasteiger charge is 2.21. The van der Waals surface area contributed by atoms with Crippen molar-refractivity contribution in [2.75, 3.05) is 13.1 Å². The summed E-state index contributed by atoms with van der Waals surface area (Å²) < 4.78 is 5.83. The molecule has 140 valence electrons. The second kappa shape index (κ2) is 9.81. The second-order valence-corrected chi connectivity index (χ2v) is 6.85. The average Bonchev–Trinajstić information content (AvgIpc) is 2.61. The highest BCUT2D eigenvalue weighted by Crippen LogP contribution is 2.20. The summed E-state index contributed by atoms with van der Waals surface area (Å²) in [5, 5.41) is 0.690. The van der Waals surface area contributed by atoms with Crippen molar-refractivity contribution >= 4 is 29.9 Å². The van der Waals surface area contributed by atoms with Gasteiger partial charge >= 0.3 is 0 Å². The van der Waals surface area contributed by atoms with Crippen LogP contribution in [0.2, 0.25) is 5.02 Å². The van der Waals surface area contributed by atoms with Crippen LogP contribution in [-0.4, -0.2) is 29.9 Å². The van der Waals surface area contributed by atoms with Gasteiger partial charge in [-0.05, 0) is 36.6 Å². The van der Waals surface area contributed by atoms with Crippen molar-refractivity contribution in [3.63, 3.8) is 0 Å². The van der Waals surface area contributed by atoms with Crippen molar-refractivity contribution < 1.29 is 9.53 Å². The van der Waals surface area contributed by atoms with Crippen molar-refractivity contribution in [3.05, 3.63) is 64.7 Å². The maximum absolute atomic E-state index is 12.5. The number of amides is 1. The molecular weight excluding hydrogens is 371 g/mol. The summed E-state index contributed by atoms with van der Waals surface area (Å²) in [6.45, 7) is 1.86. The van der Waals surface area contributed by atoms with E-state index in [9.17, 15) is 4.79 Å². The van der Waals surface area contributed by atoms with Crippen LogP contribution in [0.1, 0.15) is 24.0 Å². The summed E-state index contributed by atoms with van der Waals surface area (Å²) in [5.74, 6) is 0.860. The highest BCUT2D eigenvalue weighted by molar-refractivity contribution is 6.31. The zero-order valence-corrected chi connectivity index (χ0v) is 16.1. The Morgan fingerprint density at radius 1 is 1.23 bits per heavy atom. The largest absolute Gasteiger partial charge is 0.489 e. The fourth-order valence-electron chi connectivity index (χ4n) is 3.04. The molecule has 2 aromatic rings. The number of nitrogens with two attached hydrogens (primary N) is 1. The lowest BCUT2D eigenvalue weighted by Gasteiger charge is -2.30. The number of rotatable bonds is 5. The number of piperidine rings is 1. The molecule has 0 aliphatic carbocycles. The van der Waals surface area contributed by atoms with Gasteiger partial charge in [-0.25, -0.2) is 0 Å². The molecule has 1 aliphatic rings. The molecule has 1 heterocycles. The Bertz CT molecular complexity index is 739. The maximum atomic E-state index is 12.5. The van der Waals surface area contributed by atoms with Gasteiger partial charge in [0.25, 0.3) is 0 Å². The Hall–Kier alpha value is -1.75. The van der Waals surface area contributed by atoms with E-state index in [1.54, 1.807) is 0 Å². The summed E-state index contributed by atoms with van der Waals surface area (Å²) in [5.41, 5.74) is 7.85. The number of benzene rings is 2. The molecule has 2 aromatic carbocycles. The van der Waals surface area contributed by atoms with Crippen LogP contribution in [0.5, 0.6) is 5.75 Å². The molecule has 26 heavy (non-hydrogen) atoms. The van der Waals surface area contributed by atoms with E-state index in [0.717, 1.165) is 36.3 Å². The number of ether oxygens (including phenoxy) is 1. The van der Waals surface area contributed by atoms with Crippen LogP contribution < -0.4 is 10.5 Å². The number of likely N-dealkylation sites (tertiary alicyclic amines) is 1. The van der Waals surface area contributed by atoms with E-state index >= 15 is 0 Å². The molecule has 0 spiro atoms. The fraction of sp³-hybridized carbons (Fsp3) is 0.350. The summed E-state index contributed by atoms with van der Waals surface area (Å²) >= 11 is 6.15. The Morgan fingerprint density at radius 2 is 2.04 bits per heavy atom. The number of hydrogen-bond donors (Lipinski definition) is 1. The minimum atomic E-state index is 0. The molecule has 4 nitrogen and oxygen atoms in total. The molecule has 3 rings (SSSR count). The Morgan fingerprint density at radius 3 is 2.81 bits per heavy atom. The second-order valence-electron chi connectivity index (χ2n) is 6.45. The lowest BCUT2D eigenvalue weighted by Crippen LogP contribution is -2.46. The van der Waals surface area contributed by atoms with Crippen LogP contribution in [0.15, 0.2) is 48.5 Å². The molecule has 1 atom stereocenters. The first-order valence-corrected chi connectivity index (χ1v) is 8.98. The molecule has 0 aromatic heterocycles. The minimum Gasteiger partial charge on any atom is -0.489 e. The molecular formula is C20H24Cl2N2O2. The molecule has 0 saturated carbocycles. The molecule has 1 unspecified atom stereocenters. The molecule has 2 N–H and O–H groups in total. The van der Waals surface area contributed by atoms with Crippen LogP contribution in [0.25, 0.3) is 0 Å². The zero-order valence-electron chi connectivity index (χ0n) is 14.6. The van der Waals surface area contributed by atoms with E-state index < -0.39 is 0 Å². The van der Waals surface area contributed by atoms with Crippen molar-refractivity contribution in [2.45, 2.75) is 31.9 Å². The van der Waals surface area contributed by atoms with Crippen molar-refractivity contribution in [1.29, 1.82) is 0 Å². The summed E-state index contributed by atoms with van der Waals surface area (Å²) in [6.07, 6.45) is 2.35. The smallest absolute Gasteiger partial charge is 0.227 e. The van der Waals surface area contributed by atoms with Gasteiger partial charge in [0.05, 0.1) is 6.42 Å². The third-order valence-electron chi connectivity index (χ3n) is 4.42. The van der Waals surface area contributed by atoms with E-state index in [-0.39, 0.29) is 24.4 Å². The van der Waals surface area contributed by atoms with E-state index in [0.29, 0.717) is 24.6 Å². The number of carbonyl (C=O) groups is 1. The Kier molecular flexibility index (Phi) is 7.76. The monoisotopic (exact) mass is 394 g/mol. The average molecular weight is 395 g/mol. The summed E-state index contributed by atoms with van der Waals surface area (Å²) in [6, 6.07) is 15.4. The van der Waals surface area contributed by atoms with Gasteiger partial charge in [-0.1, -0.05) is 41.9 Å². The van der Waals surface area contributed by atoms with Crippen molar-refractivity contribution in [1.82, 2.24) is 4.90 Å². The van der Waals surface area contributed by atoms with Crippen LogP contribution in [-0.2, 0) is 17.8 Å². The molecule has 6 heteroatoms. The zero-order chi connectivity index (χ0) is 17.6. The fourth-order valence-corrected chi connectivity index (χ4v) is 3.23. The van der Waals surface area contributed by atoms with Crippen molar-refractivity contribution in [2.24, 2.45) is 5.73 Å². The van der Waals surface area contributed by atoms with Gasteiger partial charge < -0.3 is 15.4 Å². The first-order chi connectivity index (χ1) is 12.1. The first kappa shape index (κ1) is 20.6. The SMILES string of the molecule is Cl.NC1CCCN(C(=O)Cc2cccc(OCc3ccccc3Cl)c2)C1. The normalized spacial score (nSPS) is 16.7. The standard InChI is InChI=1S/C20H23ClN2O2.ClH/c21-19-9-2-1-6-16(19)14-25-18-8-3-5-15(11-18)12-20(24)23-10-4-7-17(22)13-23;/h1-3,5-6,8-9,11,17H,4,7,10,12-14,22H2;1H. The maximum Gasteiger partial charge on any atom is 0.227 e. The van der Waals surface area contributed by atoms with E-state index in [2.05, 4.69) is 0 Å². The quantitative estimate of drug-likeness (QED) is 0.837. The van der Waals surface area contributed by atoms with Gasteiger partial charge in [-0.2, -0.15) is 0 Å². The Labute approximate surface area is 165 Å². The predicted molar refractivity (Wildman–Crippen MR) is 107 cm³/mol. The van der Waals surface area contributed by atoms with Crippen LogP contribution in [0, 0.1) is 0 Å². The summed E-state index contributed by atoms with van der Waals surface area (Å²) in [4.78, 5) is 14.3. The van der Waals surface area contributed by atoms with Crippen LogP contribution >= 0.6 is 24.0 Å². The lowest BCUT2D eigenvalue weighted by molar-refractivity contribution is -0.131. The van der Waals surface area contributed by atoms with Gasteiger partial charge in [-0.3, -0.25) is 4.79 Å². The molecule has 1 aliphatic heterocycles. The van der Waals surface area contributed by atoms with Gasteiger partial charge in [0.1, 0.15) is 12.4 Å². The van der Waals surface area contributed by atoms with E-state index in [1.807, 2.05) is 53.4 Å². The lowest BCUT2D eigenvalue weighted by atomic mass is 10.0. The third kappa shape index (κ3) is 5.63. The van der Waals surface area contributed by atoms with Crippen LogP contribution in [0.3, 0.4) is 0 Å². The van der Waals surface area contributed by atoms with Gasteiger partial charge in [0.15, 0.2) is 0 Å². The summed E-state index contributed by atoms with van der Waals surface area (Å²) in [7, 11) is 0. The molecule has 1 amide bonds. The van der Waals surface area contributed by atoms with E-state index in [1.165, 1.54) is 0 Å². The number of hydrogen-bond acceptors (Lipinski definition) is 3. The Balaban J connectivity index is 0.00000243. The molecule has 0 radical (unpaired) electrons. The minimum absolute atomic E-state index is 0.